The van der Waals surface area contributed by atoms with E-state index in [9.17, 15) is 33.6 Å². The number of carboxylic acids is 1. The van der Waals surface area contributed by atoms with Crippen LogP contribution in [0.4, 0.5) is 39.8 Å². The van der Waals surface area contributed by atoms with Gasteiger partial charge >= 0.3 is 23.9 Å². The molecule has 4 aliphatic heterocycles. The number of esters is 3. The van der Waals surface area contributed by atoms with Gasteiger partial charge in [-0.3, -0.25) is 43.5 Å². The van der Waals surface area contributed by atoms with Crippen LogP contribution in [0, 0.1) is 6.92 Å². The average Bonchev–Trinajstić information content (AvgIpc) is 1.58. The number of carboxylic acid groups (broad SMARTS) is 1. The zero-order valence-electron chi connectivity index (χ0n) is 66.9. The first kappa shape index (κ1) is 84.7. The van der Waals surface area contributed by atoms with E-state index in [1.165, 1.54) is 41.7 Å². The van der Waals surface area contributed by atoms with E-state index >= 15 is 0 Å². The number of carbonyl (C=O) groups is 7. The molecule has 14 rings (SSSR count). The van der Waals surface area contributed by atoms with E-state index in [-0.39, 0.29) is 75.3 Å². The number of anilines is 5. The molecule has 116 heavy (non-hydrogen) atoms. The molecule has 0 aromatic heterocycles. The van der Waals surface area contributed by atoms with Crippen LogP contribution in [0.15, 0.2) is 209 Å². The van der Waals surface area contributed by atoms with Crippen molar-refractivity contribution in [1.29, 1.82) is 0 Å². The third kappa shape index (κ3) is 23.7. The highest BCUT2D eigenvalue weighted by atomic mass is 79.9. The highest BCUT2D eigenvalue weighted by molar-refractivity contribution is 9.10. The highest BCUT2D eigenvalue weighted by Crippen LogP contribution is 2.35. The number of nitrogens with zero attached hydrogens (tertiary/aromatic N) is 8. The SMILES string of the molecule is CN(CC(=O)O)c1ccc2cc(C3=Nc4ccccc4C3)ccc2c1.CN(CC(=O)OC(C)(C)C)c1ccc2cc(Br)ccc2c1.COC(=O)CN(CC(=O)OC)c1ccc(N)cc1OCC(=O)N1CCOCC1.Cc1ccc(CC(=O)CN(C)c2ccc3cc(C4=Nc5ccccc5C4)ccc3c2)cc1OCC(=O)N1CCOCC1. The molecule has 604 valence electrons. The Kier molecular flexibility index (Phi) is 29.0. The summed E-state index contributed by atoms with van der Waals surface area (Å²) in [7, 11) is 8.12. The number of ether oxygens (including phenoxy) is 7. The molecule has 24 nitrogen and oxygen atoms in total. The van der Waals surface area contributed by atoms with Crippen molar-refractivity contribution in [2.75, 3.05) is 159 Å². The summed E-state index contributed by atoms with van der Waals surface area (Å²) in [5.41, 5.74) is 20.0. The Labute approximate surface area is 684 Å². The first-order valence-electron chi connectivity index (χ1n) is 38.2. The van der Waals surface area contributed by atoms with Crippen LogP contribution in [0.1, 0.15) is 54.2 Å². The van der Waals surface area contributed by atoms with E-state index < -0.39 is 23.5 Å². The maximum absolute atomic E-state index is 13.0. The topological polar surface area (TPSA) is 275 Å². The first-order valence-corrected chi connectivity index (χ1v) is 39.0. The van der Waals surface area contributed by atoms with Crippen molar-refractivity contribution >= 4 is 141 Å². The van der Waals surface area contributed by atoms with E-state index in [4.69, 9.17) is 44.5 Å². The zero-order valence-corrected chi connectivity index (χ0v) is 68.5. The number of hydrogen-bond acceptors (Lipinski definition) is 21. The number of morpholine rings is 2. The number of Topliss-reactive ketones (excluding diaryl/α,β-unsaturated/α-hetero) is 1. The molecule has 0 radical (unpaired) electrons. The van der Waals surface area contributed by atoms with E-state index in [2.05, 4.69) is 129 Å². The minimum absolute atomic E-state index is 0.0152. The second-order valence-electron chi connectivity index (χ2n) is 29.6. The molecule has 25 heteroatoms. The lowest BCUT2D eigenvalue weighted by molar-refractivity contribution is -0.153. The lowest BCUT2D eigenvalue weighted by Gasteiger charge is -2.28. The van der Waals surface area contributed by atoms with Gasteiger partial charge in [0.25, 0.3) is 11.8 Å². The summed E-state index contributed by atoms with van der Waals surface area (Å²) in [4.78, 5) is 104. The monoisotopic (exact) mass is 1640 g/mol. The number of ketones is 1. The number of aliphatic carboxylic acids is 1. The third-order valence-electron chi connectivity index (χ3n) is 19.7. The van der Waals surface area contributed by atoms with Gasteiger partial charge in [0.1, 0.15) is 43.3 Å². The van der Waals surface area contributed by atoms with E-state index in [1.807, 2.05) is 124 Å². The zero-order chi connectivity index (χ0) is 82.6. The van der Waals surface area contributed by atoms with Gasteiger partial charge in [-0.25, -0.2) is 0 Å². The molecule has 10 aromatic rings. The van der Waals surface area contributed by atoms with Crippen molar-refractivity contribution in [3.8, 4) is 11.5 Å². The van der Waals surface area contributed by atoms with Crippen LogP contribution in [0.25, 0.3) is 32.3 Å². The van der Waals surface area contributed by atoms with Crippen molar-refractivity contribution in [2.45, 2.75) is 52.6 Å². The highest BCUT2D eigenvalue weighted by Gasteiger charge is 2.26. The van der Waals surface area contributed by atoms with Gasteiger partial charge in [0, 0.05) is 99.9 Å². The van der Waals surface area contributed by atoms with Crippen LogP contribution < -0.4 is 34.8 Å². The van der Waals surface area contributed by atoms with Gasteiger partial charge in [-0.05, 0) is 184 Å². The number of para-hydroxylation sites is 2. The molecule has 0 bridgehead atoms. The van der Waals surface area contributed by atoms with Crippen LogP contribution in [0.3, 0.4) is 0 Å². The number of carbonyl (C=O) groups excluding carboxylic acids is 6. The van der Waals surface area contributed by atoms with Crippen molar-refractivity contribution in [3.63, 3.8) is 0 Å². The second-order valence-corrected chi connectivity index (χ2v) is 30.5. The lowest BCUT2D eigenvalue weighted by Crippen LogP contribution is -2.43. The number of likely N-dealkylation sites (N-methyl/N-ethyl adjacent to an activating group) is 3. The Hall–Kier alpha value is -12.2. The number of amides is 2. The summed E-state index contributed by atoms with van der Waals surface area (Å²) in [6.45, 7) is 11.7. The Morgan fingerprint density at radius 1 is 0.500 bits per heavy atom. The largest absolute Gasteiger partial charge is 0.483 e. The maximum atomic E-state index is 13.0. The Morgan fingerprint density at radius 2 is 0.948 bits per heavy atom. The molecule has 2 fully saturated rings. The van der Waals surface area contributed by atoms with Crippen LogP contribution in [0.5, 0.6) is 11.5 Å². The Bertz CT molecular complexity index is 5290. The van der Waals surface area contributed by atoms with Gasteiger partial charge in [-0.15, -0.1) is 0 Å². The molecule has 2 amide bonds. The van der Waals surface area contributed by atoms with Gasteiger partial charge < -0.3 is 73.4 Å². The van der Waals surface area contributed by atoms with E-state index in [0.29, 0.717) is 76.2 Å². The summed E-state index contributed by atoms with van der Waals surface area (Å²) in [5, 5.41) is 15.7. The third-order valence-corrected chi connectivity index (χ3v) is 20.2. The smallest absolute Gasteiger partial charge is 0.326 e. The number of aryl methyl sites for hydroxylation is 1. The summed E-state index contributed by atoms with van der Waals surface area (Å²) >= 11 is 3.47. The predicted octanol–water partition coefficient (Wildman–Crippen LogP) is 13.4. The van der Waals surface area contributed by atoms with E-state index in [1.54, 1.807) is 33.9 Å². The molecule has 0 spiro atoms. The quantitative estimate of drug-likeness (QED) is 0.0323. The molecular formula is C91H98BrN9O15. The van der Waals surface area contributed by atoms with Crippen molar-refractivity contribution in [1.82, 2.24) is 9.80 Å². The summed E-state index contributed by atoms with van der Waals surface area (Å²) in [6, 6.07) is 64.4. The molecule has 0 saturated carbocycles. The number of aliphatic imine (C=N–C) groups is 2. The molecule has 0 aliphatic carbocycles. The molecule has 4 aliphatic rings. The standard InChI is InChI=1S/C35H35N3O4.C21H18N2O2.C18H25N3O7.C17H20BrNO2/c1-24-7-8-25(18-34(24)42-23-35(40)38-13-15-41-16-14-38)17-31(39)22-37(2)30-12-11-26-19-29(10-9-27(26)20-30)33-21-28-5-3-4-6-32(28)36-33;1-23(13-21(24)25)18-9-8-14-10-17(7-6-15(14)11-18)20-12-16-4-2-3-5-19(16)22-20;1-25-17(23)10-21(11-18(24)26-2)14-4-3-13(19)9-15(14)28-12-16(22)20-5-7-27-8-6-20;1-17(2,3)21-16(20)11-19(4)15-8-6-12-9-14(18)7-5-13(12)10-15/h3-12,18-20H,13-17,21-23H2,1-2H3;2-11H,12-13H2,1H3,(H,24,25);3-4,9H,5-8,10-12,19H2,1-2H3;5-10H,11H2,1-4H3. The molecule has 2 saturated heterocycles. The van der Waals surface area contributed by atoms with Gasteiger partial charge in [-0.2, -0.15) is 0 Å². The van der Waals surface area contributed by atoms with Crippen LogP contribution in [-0.4, -0.2) is 207 Å². The van der Waals surface area contributed by atoms with Gasteiger partial charge in [-0.1, -0.05) is 113 Å². The fourth-order valence-electron chi connectivity index (χ4n) is 13.5. The van der Waals surface area contributed by atoms with Crippen molar-refractivity contribution in [3.05, 3.63) is 232 Å². The summed E-state index contributed by atoms with van der Waals surface area (Å²) in [6.07, 6.45) is 2.01. The molecular weight excluding hydrogens is 1540 g/mol. The summed E-state index contributed by atoms with van der Waals surface area (Å²) < 4.78 is 37.9. The molecule has 4 heterocycles. The lowest BCUT2D eigenvalue weighted by atomic mass is 10.0. The summed E-state index contributed by atoms with van der Waals surface area (Å²) in [5.74, 6) is -1.38. The molecule has 0 atom stereocenters. The minimum atomic E-state index is -0.836. The fourth-order valence-corrected chi connectivity index (χ4v) is 13.9. The number of rotatable bonds is 24. The maximum Gasteiger partial charge on any atom is 0.326 e. The Morgan fingerprint density at radius 3 is 1.43 bits per heavy atom. The first-order chi connectivity index (χ1) is 55.7. The van der Waals surface area contributed by atoms with Crippen LogP contribution in [-0.2, 0) is 76.5 Å². The van der Waals surface area contributed by atoms with Crippen molar-refractivity contribution in [2.24, 2.45) is 9.98 Å². The number of hydrogen-bond donors (Lipinski definition) is 2. The second kappa shape index (κ2) is 39.7. The number of methoxy groups -OCH3 is 2. The normalized spacial score (nSPS) is 13.3. The molecule has 0 unspecified atom stereocenters. The number of fused-ring (bicyclic) bond motifs is 5. The van der Waals surface area contributed by atoms with Crippen LogP contribution in [0.2, 0.25) is 0 Å². The minimum Gasteiger partial charge on any atom is -0.483 e. The Balaban J connectivity index is 0.000000158. The molecule has 3 N–H and O–H groups in total. The fraction of sp³-hybridized carbons (Fsp3) is 0.308. The van der Waals surface area contributed by atoms with Gasteiger partial charge in [0.15, 0.2) is 19.0 Å². The molecule has 10 aromatic carbocycles. The predicted molar refractivity (Wildman–Crippen MR) is 458 cm³/mol. The van der Waals surface area contributed by atoms with Gasteiger partial charge in [0.05, 0.1) is 75.7 Å². The number of nitrogens with two attached hydrogens (primary N) is 1. The number of halogens is 1. The van der Waals surface area contributed by atoms with Crippen molar-refractivity contribution < 1.29 is 71.8 Å². The van der Waals surface area contributed by atoms with Crippen LogP contribution >= 0.6 is 15.9 Å². The number of nitrogen functional groups attached to an aromatic ring is 1. The van der Waals surface area contributed by atoms with E-state index in [0.717, 1.165) is 106 Å². The number of benzene rings is 10. The average molecular weight is 1640 g/mol. The van der Waals surface area contributed by atoms with Gasteiger partial charge in [0.2, 0.25) is 0 Å².